The number of halogens is 3. The van der Waals surface area contributed by atoms with E-state index in [1.165, 1.54) is 12.1 Å². The van der Waals surface area contributed by atoms with Crippen LogP contribution in [0.15, 0.2) is 91.4 Å². The predicted molar refractivity (Wildman–Crippen MR) is 134 cm³/mol. The van der Waals surface area contributed by atoms with Gasteiger partial charge in [0.2, 0.25) is 0 Å². The maximum atomic E-state index is 13.5. The molecule has 33 heavy (non-hydrogen) atoms. The van der Waals surface area contributed by atoms with Crippen LogP contribution >= 0.6 is 31.9 Å². The SMILES string of the molecule is O=C(N/N=C/c1ccc2c(ccn2Cc2cccc(F)c2)c1)c1cc2cc(Br)cc(Br)c2o1. The molecule has 5 aromatic rings. The van der Waals surface area contributed by atoms with Gasteiger partial charge in [0, 0.05) is 33.5 Å². The summed E-state index contributed by atoms with van der Waals surface area (Å²) in [6, 6.07) is 19.8. The van der Waals surface area contributed by atoms with Crippen LogP contribution in [0.1, 0.15) is 21.7 Å². The molecule has 5 rings (SSSR count). The van der Waals surface area contributed by atoms with Gasteiger partial charge < -0.3 is 8.98 Å². The summed E-state index contributed by atoms with van der Waals surface area (Å²) in [5.41, 5.74) is 5.86. The number of hydrogen-bond donors (Lipinski definition) is 1. The van der Waals surface area contributed by atoms with Crippen molar-refractivity contribution in [2.45, 2.75) is 6.54 Å². The predicted octanol–water partition coefficient (Wildman–Crippen LogP) is 6.86. The Labute approximate surface area is 205 Å². The molecular formula is C25H16Br2FN3O2. The number of nitrogens with zero attached hydrogens (tertiary/aromatic N) is 2. The van der Waals surface area contributed by atoms with Gasteiger partial charge in [-0.25, -0.2) is 9.82 Å². The number of hydrazone groups is 1. The fraction of sp³-hybridized carbons (Fsp3) is 0.0400. The molecule has 0 aliphatic carbocycles. The topological polar surface area (TPSA) is 59.5 Å². The molecule has 0 saturated carbocycles. The number of carbonyl (C=O) groups excluding carboxylic acids is 1. The Kier molecular flexibility index (Phi) is 5.86. The molecule has 0 saturated heterocycles. The summed E-state index contributed by atoms with van der Waals surface area (Å²) in [6.07, 6.45) is 3.55. The van der Waals surface area contributed by atoms with Crippen LogP contribution in [0.5, 0.6) is 0 Å². The standard InChI is InChI=1S/C25H16Br2FN3O2/c26-19-10-18-11-23(33-24(18)21(27)12-19)25(32)30-29-13-15-4-5-22-17(8-15)6-7-31(22)14-16-2-1-3-20(28)9-16/h1-13H,14H2,(H,30,32)/b29-13+. The van der Waals surface area contributed by atoms with Crippen molar-refractivity contribution in [2.75, 3.05) is 0 Å². The minimum atomic E-state index is -0.437. The number of nitrogens with one attached hydrogen (secondary N) is 1. The molecule has 0 spiro atoms. The van der Waals surface area contributed by atoms with Crippen molar-refractivity contribution in [2.24, 2.45) is 5.10 Å². The van der Waals surface area contributed by atoms with Gasteiger partial charge in [-0.1, -0.05) is 34.1 Å². The largest absolute Gasteiger partial charge is 0.450 e. The fourth-order valence-corrected chi connectivity index (χ4v) is 5.02. The fourth-order valence-electron chi connectivity index (χ4n) is 3.68. The van der Waals surface area contributed by atoms with Gasteiger partial charge in [0.15, 0.2) is 5.76 Å². The van der Waals surface area contributed by atoms with Crippen LogP contribution in [-0.4, -0.2) is 16.7 Å². The van der Waals surface area contributed by atoms with Gasteiger partial charge in [0.25, 0.3) is 0 Å². The van der Waals surface area contributed by atoms with E-state index in [9.17, 15) is 9.18 Å². The molecule has 0 fully saturated rings. The highest BCUT2D eigenvalue weighted by molar-refractivity contribution is 9.11. The average molecular weight is 569 g/mol. The van der Waals surface area contributed by atoms with Crippen molar-refractivity contribution >= 4 is 65.9 Å². The molecule has 1 N–H and O–H groups in total. The van der Waals surface area contributed by atoms with E-state index in [2.05, 4.69) is 47.0 Å². The molecular weight excluding hydrogens is 553 g/mol. The Morgan fingerprint density at radius 1 is 1.06 bits per heavy atom. The van der Waals surface area contributed by atoms with E-state index in [0.29, 0.717) is 12.1 Å². The summed E-state index contributed by atoms with van der Waals surface area (Å²) in [5, 5.41) is 5.89. The number of benzene rings is 3. The first-order chi connectivity index (χ1) is 16.0. The summed E-state index contributed by atoms with van der Waals surface area (Å²) in [4.78, 5) is 12.4. The highest BCUT2D eigenvalue weighted by Gasteiger charge is 2.14. The van der Waals surface area contributed by atoms with Gasteiger partial charge in [-0.3, -0.25) is 4.79 Å². The van der Waals surface area contributed by atoms with E-state index in [-0.39, 0.29) is 11.6 Å². The van der Waals surface area contributed by atoms with E-state index in [1.807, 2.05) is 48.7 Å². The first-order valence-corrected chi connectivity index (χ1v) is 11.6. The highest BCUT2D eigenvalue weighted by Crippen LogP contribution is 2.31. The molecule has 2 heterocycles. The van der Waals surface area contributed by atoms with Gasteiger partial charge in [0.1, 0.15) is 11.4 Å². The second-order valence-corrected chi connectivity index (χ2v) is 9.28. The minimum Gasteiger partial charge on any atom is -0.450 e. The zero-order chi connectivity index (χ0) is 22.9. The van der Waals surface area contributed by atoms with Crippen LogP contribution in [0, 0.1) is 5.82 Å². The zero-order valence-electron chi connectivity index (χ0n) is 17.1. The maximum absolute atomic E-state index is 13.5. The first kappa shape index (κ1) is 21.6. The van der Waals surface area contributed by atoms with Crippen LogP contribution < -0.4 is 5.43 Å². The monoisotopic (exact) mass is 567 g/mol. The molecule has 2 aromatic heterocycles. The molecule has 1 amide bonds. The van der Waals surface area contributed by atoms with Crippen molar-refractivity contribution in [3.8, 4) is 0 Å². The van der Waals surface area contributed by atoms with E-state index >= 15 is 0 Å². The van der Waals surface area contributed by atoms with Crippen LogP contribution in [-0.2, 0) is 6.54 Å². The lowest BCUT2D eigenvalue weighted by Gasteiger charge is -2.06. The quantitative estimate of drug-likeness (QED) is 0.186. The number of aromatic nitrogens is 1. The van der Waals surface area contributed by atoms with Gasteiger partial charge in [0.05, 0.1) is 10.7 Å². The molecule has 164 valence electrons. The second kappa shape index (κ2) is 8.96. The third-order valence-electron chi connectivity index (χ3n) is 5.18. The third kappa shape index (κ3) is 4.62. The lowest BCUT2D eigenvalue weighted by Crippen LogP contribution is -2.16. The number of fused-ring (bicyclic) bond motifs is 2. The summed E-state index contributed by atoms with van der Waals surface area (Å²) < 4.78 is 22.8. The zero-order valence-corrected chi connectivity index (χ0v) is 20.2. The Morgan fingerprint density at radius 3 is 2.79 bits per heavy atom. The number of carbonyl (C=O) groups is 1. The summed E-state index contributed by atoms with van der Waals surface area (Å²) in [5.74, 6) is -0.508. The second-order valence-electron chi connectivity index (χ2n) is 7.51. The van der Waals surface area contributed by atoms with E-state index in [0.717, 1.165) is 36.4 Å². The molecule has 0 radical (unpaired) electrons. The Hall–Kier alpha value is -3.23. The van der Waals surface area contributed by atoms with Crippen molar-refractivity contribution in [1.82, 2.24) is 9.99 Å². The Bertz CT molecular complexity index is 1540. The summed E-state index contributed by atoms with van der Waals surface area (Å²) in [6.45, 7) is 0.578. The Morgan fingerprint density at radius 2 is 1.94 bits per heavy atom. The normalized spacial score (nSPS) is 11.6. The van der Waals surface area contributed by atoms with Crippen molar-refractivity contribution in [1.29, 1.82) is 0 Å². The molecule has 0 bridgehead atoms. The summed E-state index contributed by atoms with van der Waals surface area (Å²) in [7, 11) is 0. The Balaban J connectivity index is 1.29. The van der Waals surface area contributed by atoms with Gasteiger partial charge in [-0.2, -0.15) is 5.10 Å². The van der Waals surface area contributed by atoms with Crippen LogP contribution in [0.4, 0.5) is 4.39 Å². The first-order valence-electron chi connectivity index (χ1n) is 10.0. The summed E-state index contributed by atoms with van der Waals surface area (Å²) >= 11 is 6.86. The van der Waals surface area contributed by atoms with Gasteiger partial charge in [-0.05, 0) is 75.6 Å². The molecule has 0 atom stereocenters. The molecule has 0 aliphatic heterocycles. The molecule has 5 nitrogen and oxygen atoms in total. The van der Waals surface area contributed by atoms with E-state index < -0.39 is 5.91 Å². The highest BCUT2D eigenvalue weighted by atomic mass is 79.9. The number of hydrogen-bond acceptors (Lipinski definition) is 3. The number of amides is 1. The smallest absolute Gasteiger partial charge is 0.307 e. The maximum Gasteiger partial charge on any atom is 0.307 e. The number of furan rings is 1. The van der Waals surface area contributed by atoms with Gasteiger partial charge >= 0.3 is 5.91 Å². The van der Waals surface area contributed by atoms with Crippen molar-refractivity contribution in [3.63, 3.8) is 0 Å². The molecule has 0 unspecified atom stereocenters. The molecule has 8 heteroatoms. The van der Waals surface area contributed by atoms with Crippen molar-refractivity contribution in [3.05, 3.63) is 105 Å². The number of rotatable bonds is 5. The van der Waals surface area contributed by atoms with E-state index in [1.54, 1.807) is 18.3 Å². The molecule has 3 aromatic carbocycles. The lowest BCUT2D eigenvalue weighted by molar-refractivity contribution is 0.0929. The van der Waals surface area contributed by atoms with Crippen LogP contribution in [0.2, 0.25) is 0 Å². The minimum absolute atomic E-state index is 0.172. The van der Waals surface area contributed by atoms with Crippen molar-refractivity contribution < 1.29 is 13.6 Å². The average Bonchev–Trinajstić information content (AvgIpc) is 3.38. The lowest BCUT2D eigenvalue weighted by atomic mass is 10.1. The third-order valence-corrected chi connectivity index (χ3v) is 6.22. The van der Waals surface area contributed by atoms with Gasteiger partial charge in [-0.15, -0.1) is 0 Å². The molecule has 0 aliphatic rings. The van der Waals surface area contributed by atoms with Crippen LogP contribution in [0.25, 0.3) is 21.9 Å². The van der Waals surface area contributed by atoms with Crippen LogP contribution in [0.3, 0.4) is 0 Å². The van der Waals surface area contributed by atoms with E-state index in [4.69, 9.17) is 4.42 Å².